The smallest absolute Gasteiger partial charge is 0.274 e. The third kappa shape index (κ3) is 3.86. The lowest BCUT2D eigenvalue weighted by Gasteiger charge is -2.14. The van der Waals surface area contributed by atoms with Gasteiger partial charge in [-0.25, -0.2) is 8.42 Å². The lowest BCUT2D eigenvalue weighted by atomic mass is 10.0. The number of H-pyrrole nitrogens is 1. The molecule has 31 heavy (non-hydrogen) atoms. The highest BCUT2D eigenvalue weighted by molar-refractivity contribution is 7.91. The second kappa shape index (κ2) is 7.90. The van der Waals surface area contributed by atoms with Crippen LogP contribution in [0, 0.1) is 6.92 Å². The number of nitrogens with zero attached hydrogens (tertiary/aromatic N) is 1. The first kappa shape index (κ1) is 21.2. The van der Waals surface area contributed by atoms with Gasteiger partial charge in [-0.15, -0.1) is 0 Å². The van der Waals surface area contributed by atoms with Gasteiger partial charge in [-0.2, -0.15) is 0 Å². The van der Waals surface area contributed by atoms with E-state index in [4.69, 9.17) is 16.3 Å². The van der Waals surface area contributed by atoms with Crippen molar-refractivity contribution in [1.82, 2.24) is 9.55 Å². The van der Waals surface area contributed by atoms with Crippen molar-refractivity contribution in [3.05, 3.63) is 75.8 Å². The van der Waals surface area contributed by atoms with Crippen LogP contribution in [0.2, 0.25) is 5.02 Å². The summed E-state index contributed by atoms with van der Waals surface area (Å²) in [5, 5.41) is 1.12. The molecule has 0 saturated heterocycles. The molecule has 0 aliphatic heterocycles. The fourth-order valence-corrected chi connectivity index (χ4v) is 4.59. The number of halogens is 1. The highest BCUT2D eigenvalue weighted by Crippen LogP contribution is 2.40. The average Bonchev–Trinajstić information content (AvgIpc) is 3.17. The van der Waals surface area contributed by atoms with Crippen LogP contribution in [-0.2, 0) is 16.9 Å². The van der Waals surface area contributed by atoms with Crippen molar-refractivity contribution in [3.8, 4) is 22.6 Å². The predicted octanol–water partition coefficient (Wildman–Crippen LogP) is 5.08. The Morgan fingerprint density at radius 3 is 2.52 bits per heavy atom. The van der Waals surface area contributed by atoms with Crippen molar-refractivity contribution in [2.45, 2.75) is 18.7 Å². The highest BCUT2D eigenvalue weighted by Gasteiger charge is 2.19. The van der Waals surface area contributed by atoms with Crippen molar-refractivity contribution >= 4 is 32.3 Å². The molecule has 0 spiro atoms. The molecule has 0 aliphatic carbocycles. The van der Waals surface area contributed by atoms with Crippen LogP contribution in [-0.4, -0.2) is 23.7 Å². The molecule has 4 aromatic rings. The van der Waals surface area contributed by atoms with Gasteiger partial charge in [0.25, 0.3) is 5.56 Å². The van der Waals surface area contributed by atoms with Crippen LogP contribution in [0.15, 0.2) is 64.5 Å². The largest absolute Gasteiger partial charge is 0.455 e. The maximum absolute atomic E-state index is 12.5. The Labute approximate surface area is 185 Å². The van der Waals surface area contributed by atoms with Crippen LogP contribution in [0.1, 0.15) is 12.5 Å². The van der Waals surface area contributed by atoms with Crippen LogP contribution in [0.5, 0.6) is 11.5 Å². The van der Waals surface area contributed by atoms with Gasteiger partial charge in [0.05, 0.1) is 15.7 Å². The summed E-state index contributed by atoms with van der Waals surface area (Å²) in [5.41, 5.74) is 2.47. The minimum Gasteiger partial charge on any atom is -0.455 e. The second-order valence-electron chi connectivity index (χ2n) is 7.32. The predicted molar refractivity (Wildman–Crippen MR) is 123 cm³/mol. The summed E-state index contributed by atoms with van der Waals surface area (Å²) in [6, 6.07) is 12.0. The number of aryl methyl sites for hydroxylation is 2. The van der Waals surface area contributed by atoms with E-state index in [0.29, 0.717) is 38.6 Å². The van der Waals surface area contributed by atoms with Gasteiger partial charge in [-0.1, -0.05) is 24.6 Å². The van der Waals surface area contributed by atoms with E-state index < -0.39 is 9.84 Å². The number of benzene rings is 2. The quantitative estimate of drug-likeness (QED) is 0.454. The summed E-state index contributed by atoms with van der Waals surface area (Å²) in [5.74, 6) is 0.864. The van der Waals surface area contributed by atoms with E-state index in [1.807, 2.05) is 19.1 Å². The van der Waals surface area contributed by atoms with Gasteiger partial charge >= 0.3 is 0 Å². The van der Waals surface area contributed by atoms with Gasteiger partial charge < -0.3 is 14.3 Å². The zero-order valence-electron chi connectivity index (χ0n) is 17.3. The average molecular weight is 457 g/mol. The topological polar surface area (TPSA) is 81.2 Å². The molecule has 8 heteroatoms. The van der Waals surface area contributed by atoms with Crippen LogP contribution < -0.4 is 10.3 Å². The third-order valence-corrected chi connectivity index (χ3v) is 7.23. The number of sulfone groups is 1. The van der Waals surface area contributed by atoms with Gasteiger partial charge in [-0.3, -0.25) is 4.79 Å². The number of aromatic amines is 1. The summed E-state index contributed by atoms with van der Waals surface area (Å²) in [7, 11) is -1.77. The molecule has 0 atom stereocenters. The Bertz CT molecular complexity index is 1470. The van der Waals surface area contributed by atoms with Crippen LogP contribution in [0.4, 0.5) is 0 Å². The number of hydrogen-bond acceptors (Lipinski definition) is 4. The molecular formula is C23H21ClN2O4S. The molecule has 0 bridgehead atoms. The number of aromatic nitrogens is 2. The summed E-state index contributed by atoms with van der Waals surface area (Å²) in [6.45, 7) is 3.53. The van der Waals surface area contributed by atoms with Crippen LogP contribution in [0.25, 0.3) is 22.0 Å². The molecule has 0 fully saturated rings. The van der Waals surface area contributed by atoms with E-state index in [1.165, 1.54) is 10.6 Å². The summed E-state index contributed by atoms with van der Waals surface area (Å²) < 4.78 is 32.6. The second-order valence-corrected chi connectivity index (χ2v) is 10.0. The summed E-state index contributed by atoms with van der Waals surface area (Å²) in [4.78, 5) is 15.7. The van der Waals surface area contributed by atoms with Gasteiger partial charge in [0.1, 0.15) is 17.0 Å². The van der Waals surface area contributed by atoms with Crippen LogP contribution in [0.3, 0.4) is 0 Å². The zero-order valence-corrected chi connectivity index (χ0v) is 18.8. The Morgan fingerprint density at radius 1 is 1.06 bits per heavy atom. The number of rotatable bonds is 5. The minimum absolute atomic E-state index is 0.0230. The monoisotopic (exact) mass is 456 g/mol. The maximum Gasteiger partial charge on any atom is 0.274 e. The lowest BCUT2D eigenvalue weighted by Crippen LogP contribution is -2.15. The third-order valence-electron chi connectivity index (χ3n) is 5.21. The number of hydrogen-bond donors (Lipinski definition) is 1. The first-order valence-electron chi connectivity index (χ1n) is 9.69. The number of fused-ring (bicyclic) bond motifs is 1. The van der Waals surface area contributed by atoms with E-state index >= 15 is 0 Å². The lowest BCUT2D eigenvalue weighted by molar-refractivity contribution is 0.484. The molecule has 1 N–H and O–H groups in total. The molecule has 6 nitrogen and oxygen atoms in total. The van der Waals surface area contributed by atoms with Gasteiger partial charge in [-0.05, 0) is 48.9 Å². The van der Waals surface area contributed by atoms with Gasteiger partial charge in [0.2, 0.25) is 0 Å². The number of nitrogens with one attached hydrogen (secondary N) is 1. The molecular weight excluding hydrogens is 436 g/mol. The van der Waals surface area contributed by atoms with E-state index in [0.717, 1.165) is 5.56 Å². The molecule has 0 unspecified atom stereocenters. The van der Waals surface area contributed by atoms with Crippen molar-refractivity contribution in [2.24, 2.45) is 7.05 Å². The fourth-order valence-electron chi connectivity index (χ4n) is 3.41. The normalized spacial score (nSPS) is 11.7. The Kier molecular flexibility index (Phi) is 5.41. The first-order chi connectivity index (χ1) is 14.7. The van der Waals surface area contributed by atoms with E-state index in [-0.39, 0.29) is 16.2 Å². The van der Waals surface area contributed by atoms with E-state index in [1.54, 1.807) is 50.6 Å². The maximum atomic E-state index is 12.5. The first-order valence-corrected chi connectivity index (χ1v) is 11.7. The van der Waals surface area contributed by atoms with Crippen molar-refractivity contribution in [2.75, 3.05) is 5.75 Å². The number of ether oxygens (including phenoxy) is 1. The standard InChI is InChI=1S/C23H21ClN2O4S/c1-4-31(28,29)15-6-8-20(30-21-7-5-14(2)11-19(21)24)17(12-15)18-13-25-22-16(18)9-10-26(3)23(22)27/h5-13,25H,4H2,1-3H3. The molecule has 2 heterocycles. The van der Waals surface area contributed by atoms with Crippen molar-refractivity contribution in [3.63, 3.8) is 0 Å². The van der Waals surface area contributed by atoms with Gasteiger partial charge in [0, 0.05) is 36.0 Å². The number of pyridine rings is 1. The Hall–Kier alpha value is -3.03. The zero-order chi connectivity index (χ0) is 22.3. The molecule has 2 aromatic carbocycles. The molecule has 4 rings (SSSR count). The van der Waals surface area contributed by atoms with Crippen LogP contribution >= 0.6 is 11.6 Å². The summed E-state index contributed by atoms with van der Waals surface area (Å²) >= 11 is 6.35. The SMILES string of the molecule is CCS(=O)(=O)c1ccc(Oc2ccc(C)cc2Cl)c(-c2c[nH]c3c(=O)n(C)ccc23)c1. The molecule has 2 aromatic heterocycles. The summed E-state index contributed by atoms with van der Waals surface area (Å²) in [6.07, 6.45) is 3.36. The fraction of sp³-hybridized carbons (Fsp3) is 0.174. The van der Waals surface area contributed by atoms with E-state index in [9.17, 15) is 13.2 Å². The van der Waals surface area contributed by atoms with Gasteiger partial charge in [0.15, 0.2) is 9.84 Å². The molecule has 160 valence electrons. The van der Waals surface area contributed by atoms with Crippen molar-refractivity contribution in [1.29, 1.82) is 0 Å². The Morgan fingerprint density at radius 2 is 1.81 bits per heavy atom. The molecule has 0 amide bonds. The van der Waals surface area contributed by atoms with E-state index in [2.05, 4.69) is 4.98 Å². The Balaban J connectivity index is 1.95. The minimum atomic E-state index is -3.44. The molecule has 0 aliphatic rings. The molecule has 0 saturated carbocycles. The highest BCUT2D eigenvalue weighted by atomic mass is 35.5. The molecule has 0 radical (unpaired) electrons. The van der Waals surface area contributed by atoms with Crippen molar-refractivity contribution < 1.29 is 13.2 Å².